The second-order valence-electron chi connectivity index (χ2n) is 4.80. The fourth-order valence-corrected chi connectivity index (χ4v) is 2.73. The zero-order chi connectivity index (χ0) is 12.1. The summed E-state index contributed by atoms with van der Waals surface area (Å²) in [4.78, 5) is 15.8. The normalized spacial score (nSPS) is 27.1. The van der Waals surface area contributed by atoms with E-state index in [9.17, 15) is 4.79 Å². The van der Waals surface area contributed by atoms with Gasteiger partial charge in [0.1, 0.15) is 5.88 Å². The summed E-state index contributed by atoms with van der Waals surface area (Å²) in [7, 11) is 0. The summed E-state index contributed by atoms with van der Waals surface area (Å²) < 4.78 is 5.65. The Morgan fingerprint density at radius 2 is 2.12 bits per heavy atom. The number of hydrogen-bond donors (Lipinski definition) is 0. The summed E-state index contributed by atoms with van der Waals surface area (Å²) in [5.41, 5.74) is 0. The number of amides is 1. The molecule has 0 aromatic heterocycles. The van der Waals surface area contributed by atoms with Crippen LogP contribution in [0.15, 0.2) is 0 Å². The first kappa shape index (κ1) is 13.1. The molecule has 2 fully saturated rings. The number of alkyl halides is 1. The molecule has 17 heavy (non-hydrogen) atoms. The van der Waals surface area contributed by atoms with Gasteiger partial charge in [0.2, 0.25) is 5.91 Å². The molecule has 0 saturated carbocycles. The first-order valence-electron chi connectivity index (χ1n) is 6.47. The molecular formula is C12H21ClN2O2. The summed E-state index contributed by atoms with van der Waals surface area (Å²) >= 11 is 5.59. The van der Waals surface area contributed by atoms with Crippen LogP contribution < -0.4 is 0 Å². The number of ether oxygens (including phenoxy) is 1. The van der Waals surface area contributed by atoms with Crippen molar-refractivity contribution in [2.45, 2.75) is 25.4 Å². The quantitative estimate of drug-likeness (QED) is 0.708. The fourth-order valence-electron chi connectivity index (χ4n) is 2.56. The third kappa shape index (κ3) is 3.83. The van der Waals surface area contributed by atoms with Crippen molar-refractivity contribution in [3.63, 3.8) is 0 Å². The number of carbonyl (C=O) groups is 1. The molecule has 1 amide bonds. The Hall–Kier alpha value is -0.320. The van der Waals surface area contributed by atoms with E-state index >= 15 is 0 Å². The number of rotatable bonds is 3. The number of halogens is 1. The highest BCUT2D eigenvalue weighted by Crippen LogP contribution is 2.14. The lowest BCUT2D eigenvalue weighted by Gasteiger charge is -2.23. The van der Waals surface area contributed by atoms with E-state index in [1.165, 1.54) is 12.8 Å². The maximum Gasteiger partial charge on any atom is 0.237 e. The van der Waals surface area contributed by atoms with Crippen LogP contribution in [0.1, 0.15) is 19.3 Å². The van der Waals surface area contributed by atoms with Crippen LogP contribution in [0.25, 0.3) is 0 Å². The van der Waals surface area contributed by atoms with Gasteiger partial charge in [0.15, 0.2) is 0 Å². The first-order valence-corrected chi connectivity index (χ1v) is 7.01. The van der Waals surface area contributed by atoms with E-state index in [0.717, 1.165) is 45.8 Å². The van der Waals surface area contributed by atoms with Gasteiger partial charge in [0.25, 0.3) is 0 Å². The number of carbonyl (C=O) groups excluding carboxylic acids is 1. The van der Waals surface area contributed by atoms with E-state index in [4.69, 9.17) is 16.3 Å². The molecule has 0 spiro atoms. The molecule has 4 nitrogen and oxygen atoms in total. The van der Waals surface area contributed by atoms with Gasteiger partial charge < -0.3 is 9.64 Å². The van der Waals surface area contributed by atoms with Crippen molar-refractivity contribution in [3.8, 4) is 0 Å². The van der Waals surface area contributed by atoms with Crippen molar-refractivity contribution in [1.82, 2.24) is 9.80 Å². The number of hydrogen-bond acceptors (Lipinski definition) is 3. The smallest absolute Gasteiger partial charge is 0.237 e. The minimum absolute atomic E-state index is 0.0608. The highest BCUT2D eigenvalue weighted by Gasteiger charge is 2.22. The first-order chi connectivity index (χ1) is 8.29. The van der Waals surface area contributed by atoms with Crippen LogP contribution >= 0.6 is 11.6 Å². The highest BCUT2D eigenvalue weighted by molar-refractivity contribution is 6.27. The molecule has 2 aliphatic rings. The van der Waals surface area contributed by atoms with Crippen molar-refractivity contribution in [1.29, 1.82) is 0 Å². The molecule has 2 heterocycles. The third-order valence-electron chi connectivity index (χ3n) is 3.54. The summed E-state index contributed by atoms with van der Waals surface area (Å²) in [6, 6.07) is 0. The van der Waals surface area contributed by atoms with Crippen molar-refractivity contribution < 1.29 is 9.53 Å². The standard InChI is InChI=1S/C12H21ClN2O2/c13-9-12(16)15-5-2-4-14(6-7-15)10-11-3-1-8-17-11/h11H,1-10H2. The molecule has 0 N–H and O–H groups in total. The lowest BCUT2D eigenvalue weighted by Crippen LogP contribution is -2.38. The minimum atomic E-state index is 0.0608. The SMILES string of the molecule is O=C(CCl)N1CCCN(CC2CCCO2)CC1. The Bertz CT molecular complexity index is 257. The fraction of sp³-hybridized carbons (Fsp3) is 0.917. The van der Waals surface area contributed by atoms with Gasteiger partial charge in [0, 0.05) is 32.8 Å². The molecule has 1 atom stereocenters. The third-order valence-corrected chi connectivity index (χ3v) is 3.77. The largest absolute Gasteiger partial charge is 0.377 e. The van der Waals surface area contributed by atoms with Gasteiger partial charge in [-0.2, -0.15) is 0 Å². The average molecular weight is 261 g/mol. The molecule has 98 valence electrons. The van der Waals surface area contributed by atoms with Gasteiger partial charge in [-0.3, -0.25) is 9.69 Å². The molecule has 1 unspecified atom stereocenters. The Morgan fingerprint density at radius 3 is 2.82 bits per heavy atom. The molecular weight excluding hydrogens is 240 g/mol. The second-order valence-corrected chi connectivity index (χ2v) is 5.07. The second kappa shape index (κ2) is 6.57. The molecule has 0 aliphatic carbocycles. The van der Waals surface area contributed by atoms with Crippen LogP contribution in [0, 0.1) is 0 Å². The van der Waals surface area contributed by atoms with E-state index in [1.54, 1.807) is 0 Å². The van der Waals surface area contributed by atoms with Crippen molar-refractivity contribution in [3.05, 3.63) is 0 Å². The maximum absolute atomic E-state index is 11.5. The highest BCUT2D eigenvalue weighted by atomic mass is 35.5. The van der Waals surface area contributed by atoms with Gasteiger partial charge >= 0.3 is 0 Å². The van der Waals surface area contributed by atoms with E-state index in [1.807, 2.05) is 4.90 Å². The molecule has 5 heteroatoms. The Labute approximate surface area is 108 Å². The zero-order valence-corrected chi connectivity index (χ0v) is 11.0. The summed E-state index contributed by atoms with van der Waals surface area (Å²) in [5, 5.41) is 0. The average Bonchev–Trinajstić information content (AvgIpc) is 2.73. The molecule has 2 aliphatic heterocycles. The minimum Gasteiger partial charge on any atom is -0.377 e. The lowest BCUT2D eigenvalue weighted by atomic mass is 10.2. The van der Waals surface area contributed by atoms with Crippen molar-refractivity contribution >= 4 is 17.5 Å². The van der Waals surface area contributed by atoms with E-state index in [0.29, 0.717) is 6.10 Å². The van der Waals surface area contributed by atoms with Crippen molar-refractivity contribution in [2.24, 2.45) is 0 Å². The van der Waals surface area contributed by atoms with Crippen molar-refractivity contribution in [2.75, 3.05) is 45.2 Å². The van der Waals surface area contributed by atoms with Crippen LogP contribution in [0.4, 0.5) is 0 Å². The Balaban J connectivity index is 1.76. The molecule has 0 bridgehead atoms. The summed E-state index contributed by atoms with van der Waals surface area (Å²) in [5.74, 6) is 0.164. The van der Waals surface area contributed by atoms with Gasteiger partial charge in [-0.1, -0.05) is 0 Å². The van der Waals surface area contributed by atoms with E-state index in [2.05, 4.69) is 4.90 Å². The van der Waals surface area contributed by atoms with E-state index in [-0.39, 0.29) is 11.8 Å². The summed E-state index contributed by atoms with van der Waals surface area (Å²) in [6.45, 7) is 5.58. The number of nitrogens with zero attached hydrogens (tertiary/aromatic N) is 2. The van der Waals surface area contributed by atoms with Crippen LogP contribution in [0.3, 0.4) is 0 Å². The summed E-state index contributed by atoms with van der Waals surface area (Å²) in [6.07, 6.45) is 3.82. The monoisotopic (exact) mass is 260 g/mol. The van der Waals surface area contributed by atoms with Crippen LogP contribution in [-0.4, -0.2) is 67.0 Å². The molecule has 0 radical (unpaired) electrons. The molecule has 2 saturated heterocycles. The van der Waals surface area contributed by atoms with Crippen LogP contribution in [0.5, 0.6) is 0 Å². The van der Waals surface area contributed by atoms with Gasteiger partial charge in [-0.05, 0) is 25.8 Å². The van der Waals surface area contributed by atoms with Crippen LogP contribution in [-0.2, 0) is 9.53 Å². The zero-order valence-electron chi connectivity index (χ0n) is 10.2. The molecule has 0 aromatic carbocycles. The van der Waals surface area contributed by atoms with Gasteiger partial charge in [-0.25, -0.2) is 0 Å². The predicted molar refractivity (Wildman–Crippen MR) is 67.3 cm³/mol. The van der Waals surface area contributed by atoms with Gasteiger partial charge in [0.05, 0.1) is 6.10 Å². The Kier molecular flexibility index (Phi) is 5.07. The Morgan fingerprint density at radius 1 is 1.24 bits per heavy atom. The lowest BCUT2D eigenvalue weighted by molar-refractivity contribution is -0.128. The van der Waals surface area contributed by atoms with E-state index < -0.39 is 0 Å². The predicted octanol–water partition coefficient (Wildman–Crippen LogP) is 0.938. The molecule has 2 rings (SSSR count). The molecule has 0 aromatic rings. The topological polar surface area (TPSA) is 32.8 Å². The van der Waals surface area contributed by atoms with Gasteiger partial charge in [-0.15, -0.1) is 11.6 Å². The maximum atomic E-state index is 11.5. The van der Waals surface area contributed by atoms with Crippen LogP contribution in [0.2, 0.25) is 0 Å².